The van der Waals surface area contributed by atoms with Crippen molar-refractivity contribution in [2.45, 2.75) is 6.04 Å². The Bertz CT molecular complexity index is 1220. The lowest BCUT2D eigenvalue weighted by atomic mass is 9.99. The predicted molar refractivity (Wildman–Crippen MR) is 108 cm³/mol. The van der Waals surface area contributed by atoms with Crippen molar-refractivity contribution in [3.05, 3.63) is 88.3 Å². The van der Waals surface area contributed by atoms with Gasteiger partial charge in [0.25, 0.3) is 11.7 Å². The quantitative estimate of drug-likeness (QED) is 0.353. The van der Waals surface area contributed by atoms with Crippen molar-refractivity contribution >= 4 is 34.7 Å². The van der Waals surface area contributed by atoms with Crippen LogP contribution in [-0.4, -0.2) is 23.9 Å². The first-order chi connectivity index (χ1) is 14.8. The van der Waals surface area contributed by atoms with Crippen LogP contribution in [0.5, 0.6) is 5.75 Å². The maximum absolute atomic E-state index is 14.5. The topological polar surface area (TPSA) is 80.0 Å². The number of furan rings is 1. The van der Waals surface area contributed by atoms with E-state index in [1.165, 1.54) is 37.6 Å². The van der Waals surface area contributed by atoms with Gasteiger partial charge in [0.15, 0.2) is 0 Å². The average molecular weight is 446 g/mol. The first kappa shape index (κ1) is 20.6. The Labute approximate surface area is 179 Å². The Morgan fingerprint density at radius 2 is 1.94 bits per heavy atom. The van der Waals surface area contributed by atoms with Crippen molar-refractivity contribution in [2.24, 2.45) is 0 Å². The third kappa shape index (κ3) is 3.44. The van der Waals surface area contributed by atoms with Crippen molar-refractivity contribution in [1.29, 1.82) is 0 Å². The fourth-order valence-electron chi connectivity index (χ4n) is 3.43. The summed E-state index contributed by atoms with van der Waals surface area (Å²) in [7, 11) is 1.40. The van der Waals surface area contributed by atoms with E-state index in [4.69, 9.17) is 20.8 Å². The van der Waals surface area contributed by atoms with Gasteiger partial charge in [-0.3, -0.25) is 14.5 Å². The number of rotatable bonds is 4. The van der Waals surface area contributed by atoms with Crippen LogP contribution in [0, 0.1) is 11.6 Å². The molecule has 2 aromatic carbocycles. The second-order valence-corrected chi connectivity index (χ2v) is 7.03. The summed E-state index contributed by atoms with van der Waals surface area (Å²) in [6.07, 6.45) is 1.29. The van der Waals surface area contributed by atoms with E-state index >= 15 is 0 Å². The molecule has 1 aliphatic rings. The largest absolute Gasteiger partial charge is 0.507 e. The summed E-state index contributed by atoms with van der Waals surface area (Å²) in [6.45, 7) is 0. The number of benzene rings is 2. The highest BCUT2D eigenvalue weighted by molar-refractivity contribution is 6.52. The minimum Gasteiger partial charge on any atom is -0.507 e. The van der Waals surface area contributed by atoms with E-state index in [9.17, 15) is 23.5 Å². The summed E-state index contributed by atoms with van der Waals surface area (Å²) in [4.78, 5) is 26.6. The molecule has 0 radical (unpaired) electrons. The third-order valence-electron chi connectivity index (χ3n) is 4.85. The molecule has 0 bridgehead atoms. The molecule has 1 N–H and O–H groups in total. The fraction of sp³-hybridized carbons (Fsp3) is 0.0909. The van der Waals surface area contributed by atoms with Crippen LogP contribution in [0.15, 0.2) is 64.8 Å². The SMILES string of the molecule is COc1ccc(Cl)c(/C(O)=C2/C(=O)C(=O)N(c3cc(F)ccc3F)C2c2ccco2)c1. The number of ether oxygens (including phenoxy) is 1. The van der Waals surface area contributed by atoms with Gasteiger partial charge in [-0.05, 0) is 42.5 Å². The molecule has 31 heavy (non-hydrogen) atoms. The highest BCUT2D eigenvalue weighted by Gasteiger charge is 2.49. The van der Waals surface area contributed by atoms with Crippen LogP contribution >= 0.6 is 11.6 Å². The van der Waals surface area contributed by atoms with Gasteiger partial charge < -0.3 is 14.3 Å². The molecule has 158 valence electrons. The Hall–Kier alpha value is -3.65. The molecule has 1 saturated heterocycles. The molecule has 1 fully saturated rings. The highest BCUT2D eigenvalue weighted by Crippen LogP contribution is 2.44. The number of carbonyl (C=O) groups excluding carboxylic acids is 2. The molecule has 1 aromatic heterocycles. The van der Waals surface area contributed by atoms with E-state index in [1.807, 2.05) is 0 Å². The molecule has 0 spiro atoms. The van der Waals surface area contributed by atoms with Gasteiger partial charge in [-0.25, -0.2) is 8.78 Å². The standard InChI is InChI=1S/C22H14ClF2NO5/c1-30-12-5-6-14(23)13(10-12)20(27)18-19(17-3-2-8-31-17)26(22(29)21(18)28)16-9-11(24)4-7-15(16)25/h2-10,19,27H,1H3/b20-18-. The van der Waals surface area contributed by atoms with Crippen LogP contribution in [0.3, 0.4) is 0 Å². The second kappa shape index (κ2) is 7.88. The minimum absolute atomic E-state index is 0.0234. The van der Waals surface area contributed by atoms with Gasteiger partial charge in [-0.15, -0.1) is 0 Å². The summed E-state index contributed by atoms with van der Waals surface area (Å²) < 4.78 is 38.9. The summed E-state index contributed by atoms with van der Waals surface area (Å²) in [5, 5.41) is 11.1. The van der Waals surface area contributed by atoms with Crippen molar-refractivity contribution in [3.8, 4) is 5.75 Å². The van der Waals surface area contributed by atoms with Crippen molar-refractivity contribution < 1.29 is 32.6 Å². The number of methoxy groups -OCH3 is 1. The number of aliphatic hydroxyl groups is 1. The highest BCUT2D eigenvalue weighted by atomic mass is 35.5. The van der Waals surface area contributed by atoms with E-state index in [0.717, 1.165) is 23.1 Å². The van der Waals surface area contributed by atoms with Crippen LogP contribution in [0.1, 0.15) is 17.4 Å². The van der Waals surface area contributed by atoms with Gasteiger partial charge in [-0.1, -0.05) is 11.6 Å². The molecule has 0 saturated carbocycles. The van der Waals surface area contributed by atoms with Crippen molar-refractivity contribution in [3.63, 3.8) is 0 Å². The molecular weight excluding hydrogens is 432 g/mol. The maximum Gasteiger partial charge on any atom is 0.300 e. The molecule has 1 aliphatic heterocycles. The molecule has 6 nitrogen and oxygen atoms in total. The average Bonchev–Trinajstić information content (AvgIpc) is 3.37. The molecule has 3 aromatic rings. The zero-order chi connectivity index (χ0) is 22.3. The Kier molecular flexibility index (Phi) is 5.24. The molecule has 1 amide bonds. The Morgan fingerprint density at radius 1 is 1.16 bits per heavy atom. The monoisotopic (exact) mass is 445 g/mol. The van der Waals surface area contributed by atoms with E-state index < -0.39 is 46.4 Å². The number of ketones is 1. The van der Waals surface area contributed by atoms with Crippen LogP contribution in [0.4, 0.5) is 14.5 Å². The molecule has 2 heterocycles. The molecule has 0 aliphatic carbocycles. The number of hydrogen-bond donors (Lipinski definition) is 1. The molecule has 1 unspecified atom stereocenters. The van der Waals surface area contributed by atoms with Crippen LogP contribution < -0.4 is 9.64 Å². The van der Waals surface area contributed by atoms with E-state index in [-0.39, 0.29) is 16.3 Å². The van der Waals surface area contributed by atoms with E-state index in [1.54, 1.807) is 6.07 Å². The number of aliphatic hydroxyl groups excluding tert-OH is 1. The van der Waals surface area contributed by atoms with Crippen LogP contribution in [-0.2, 0) is 9.59 Å². The Balaban J connectivity index is 1.98. The van der Waals surface area contributed by atoms with Crippen molar-refractivity contribution in [1.82, 2.24) is 0 Å². The van der Waals surface area contributed by atoms with Crippen molar-refractivity contribution in [2.75, 3.05) is 12.0 Å². The normalized spacial score (nSPS) is 17.9. The number of nitrogens with zero attached hydrogens (tertiary/aromatic N) is 1. The lowest BCUT2D eigenvalue weighted by Gasteiger charge is -2.23. The number of amides is 1. The molecule has 4 rings (SSSR count). The maximum atomic E-state index is 14.5. The summed E-state index contributed by atoms with van der Waals surface area (Å²) in [5.41, 5.74) is -0.839. The smallest absolute Gasteiger partial charge is 0.300 e. The predicted octanol–water partition coefficient (Wildman–Crippen LogP) is 4.85. The van der Waals surface area contributed by atoms with Gasteiger partial charge in [0.2, 0.25) is 0 Å². The molecule has 9 heteroatoms. The number of carbonyl (C=O) groups is 2. The number of Topliss-reactive ketones (excluding diaryl/α,β-unsaturated/α-hetero) is 1. The molecular formula is C22H14ClF2NO5. The van der Waals surface area contributed by atoms with Gasteiger partial charge >= 0.3 is 0 Å². The Morgan fingerprint density at radius 3 is 2.61 bits per heavy atom. The van der Waals surface area contributed by atoms with Crippen LogP contribution in [0.2, 0.25) is 5.02 Å². The van der Waals surface area contributed by atoms with Crippen LogP contribution in [0.25, 0.3) is 5.76 Å². The summed E-state index contributed by atoms with van der Waals surface area (Å²) >= 11 is 6.19. The first-order valence-electron chi connectivity index (χ1n) is 8.97. The number of anilines is 1. The van der Waals surface area contributed by atoms with Gasteiger partial charge in [0, 0.05) is 11.6 Å². The first-order valence-corrected chi connectivity index (χ1v) is 9.34. The van der Waals surface area contributed by atoms with Gasteiger partial charge in [0.05, 0.1) is 29.7 Å². The van der Waals surface area contributed by atoms with E-state index in [0.29, 0.717) is 5.75 Å². The second-order valence-electron chi connectivity index (χ2n) is 6.63. The zero-order valence-corrected chi connectivity index (χ0v) is 16.7. The van der Waals surface area contributed by atoms with Gasteiger partial charge in [-0.2, -0.15) is 0 Å². The molecule has 1 atom stereocenters. The van der Waals surface area contributed by atoms with Gasteiger partial charge in [0.1, 0.15) is 34.9 Å². The summed E-state index contributed by atoms with van der Waals surface area (Å²) in [6, 6.07) is 8.46. The number of halogens is 3. The fourth-order valence-corrected chi connectivity index (χ4v) is 3.63. The lowest BCUT2D eigenvalue weighted by Crippen LogP contribution is -2.30. The lowest BCUT2D eigenvalue weighted by molar-refractivity contribution is -0.132. The zero-order valence-electron chi connectivity index (χ0n) is 15.9. The third-order valence-corrected chi connectivity index (χ3v) is 5.18. The minimum atomic E-state index is -1.35. The van der Waals surface area contributed by atoms with E-state index in [2.05, 4.69) is 0 Å². The summed E-state index contributed by atoms with van der Waals surface area (Å²) in [5.74, 6) is -4.23. The number of hydrogen-bond acceptors (Lipinski definition) is 5.